The van der Waals surface area contributed by atoms with Crippen molar-refractivity contribution < 1.29 is 18.8 Å². The minimum Gasteiger partial charge on any atom is -0.494 e. The summed E-state index contributed by atoms with van der Waals surface area (Å²) in [7, 11) is 1.98. The van der Waals surface area contributed by atoms with Gasteiger partial charge in [-0.25, -0.2) is 4.57 Å². The largest absolute Gasteiger partial charge is 0.494 e. The quantitative estimate of drug-likeness (QED) is 0.268. The average molecular weight is 462 g/mol. The number of carbonyl (C=O) groups is 1. The van der Waals surface area contributed by atoms with Gasteiger partial charge in [0, 0.05) is 24.7 Å². The second-order valence-electron chi connectivity index (χ2n) is 8.18. The predicted molar refractivity (Wildman–Crippen MR) is 129 cm³/mol. The van der Waals surface area contributed by atoms with Crippen molar-refractivity contribution in [3.8, 4) is 11.5 Å². The molecule has 0 radical (unpaired) electrons. The third kappa shape index (κ3) is 10.9. The van der Waals surface area contributed by atoms with Gasteiger partial charge in [-0.15, -0.1) is 0 Å². The lowest BCUT2D eigenvalue weighted by molar-refractivity contribution is -0.671. The van der Waals surface area contributed by atoms with Gasteiger partial charge in [-0.3, -0.25) is 4.79 Å². The number of pyridine rings is 1. The fraction of sp³-hybridized carbons (Fsp3) is 0.538. The Labute approximate surface area is 198 Å². The Bertz CT molecular complexity index is 796. The number of nitrogens with one attached hydrogen (secondary N) is 1. The van der Waals surface area contributed by atoms with Crippen LogP contribution in [0.3, 0.4) is 0 Å². The second kappa shape index (κ2) is 15.5. The lowest BCUT2D eigenvalue weighted by Gasteiger charge is -2.11. The molecule has 1 heterocycles. The molecule has 5 nitrogen and oxygen atoms in total. The number of aryl methyl sites for hydroxylation is 1. The molecule has 1 amide bonds. The van der Waals surface area contributed by atoms with Gasteiger partial charge >= 0.3 is 0 Å². The summed E-state index contributed by atoms with van der Waals surface area (Å²) in [6, 6.07) is 9.41. The average Bonchev–Trinajstić information content (AvgIpc) is 2.78. The zero-order valence-electron chi connectivity index (χ0n) is 19.6. The Hall–Kier alpha value is -2.27. The normalized spacial score (nSPS) is 10.7. The van der Waals surface area contributed by atoms with E-state index < -0.39 is 0 Å². The number of amides is 1. The second-order valence-corrected chi connectivity index (χ2v) is 8.58. The zero-order chi connectivity index (χ0) is 23.0. The molecular weight excluding hydrogens is 424 g/mol. The standard InChI is InChI=1S/C26H37ClN2O3/c1-3-4-5-6-7-8-9-10-19-31-23-11-12-25(24(27)20-23)32-21-26(30)28-16-13-22-14-17-29(2)18-15-22/h11-12,14-15,17-18,20H,3-10,13,16,19,21H2,1-2H3/p+1. The van der Waals surface area contributed by atoms with Gasteiger partial charge < -0.3 is 14.8 Å². The highest BCUT2D eigenvalue weighted by Crippen LogP contribution is 2.29. The molecule has 1 N–H and O–H groups in total. The molecule has 0 aliphatic rings. The minimum absolute atomic E-state index is 0.0675. The van der Waals surface area contributed by atoms with Crippen LogP contribution < -0.4 is 19.4 Å². The van der Waals surface area contributed by atoms with E-state index in [1.54, 1.807) is 12.1 Å². The lowest BCUT2D eigenvalue weighted by Crippen LogP contribution is -2.31. The molecule has 0 fully saturated rings. The highest BCUT2D eigenvalue weighted by molar-refractivity contribution is 6.32. The highest BCUT2D eigenvalue weighted by Gasteiger charge is 2.08. The molecule has 2 aromatic rings. The fourth-order valence-corrected chi connectivity index (χ4v) is 3.58. The molecule has 32 heavy (non-hydrogen) atoms. The van der Waals surface area contributed by atoms with Crippen LogP contribution in [-0.2, 0) is 18.3 Å². The third-order valence-corrected chi connectivity index (χ3v) is 5.61. The number of nitrogens with zero attached hydrogens (tertiary/aromatic N) is 1. The maximum Gasteiger partial charge on any atom is 0.257 e. The maximum absolute atomic E-state index is 12.0. The van der Waals surface area contributed by atoms with E-state index in [4.69, 9.17) is 21.1 Å². The SMILES string of the molecule is CCCCCCCCCCOc1ccc(OCC(=O)NCCc2cc[n+](C)cc2)c(Cl)c1. The van der Waals surface area contributed by atoms with Crippen LogP contribution in [-0.4, -0.2) is 25.7 Å². The Kier molecular flexibility index (Phi) is 12.6. The van der Waals surface area contributed by atoms with Crippen molar-refractivity contribution in [3.05, 3.63) is 53.3 Å². The molecule has 0 aliphatic heterocycles. The number of hydrogen-bond donors (Lipinski definition) is 1. The lowest BCUT2D eigenvalue weighted by atomic mass is 10.1. The van der Waals surface area contributed by atoms with E-state index in [9.17, 15) is 4.79 Å². The Morgan fingerprint density at radius 3 is 2.34 bits per heavy atom. The van der Waals surface area contributed by atoms with Gasteiger partial charge in [0.2, 0.25) is 0 Å². The van der Waals surface area contributed by atoms with Crippen LogP contribution in [0.25, 0.3) is 0 Å². The summed E-state index contributed by atoms with van der Waals surface area (Å²) < 4.78 is 13.3. The van der Waals surface area contributed by atoms with Crippen LogP contribution in [0.2, 0.25) is 5.02 Å². The van der Waals surface area contributed by atoms with Gasteiger partial charge in [-0.05, 0) is 30.5 Å². The molecule has 176 valence electrons. The molecule has 0 atom stereocenters. The van der Waals surface area contributed by atoms with E-state index in [0.29, 0.717) is 23.9 Å². The zero-order valence-corrected chi connectivity index (χ0v) is 20.3. The molecule has 6 heteroatoms. The van der Waals surface area contributed by atoms with Crippen LogP contribution in [0, 0.1) is 0 Å². The third-order valence-electron chi connectivity index (χ3n) is 5.31. The minimum atomic E-state index is -0.169. The van der Waals surface area contributed by atoms with Crippen LogP contribution in [0.1, 0.15) is 63.9 Å². The van der Waals surface area contributed by atoms with Crippen LogP contribution in [0.4, 0.5) is 0 Å². The van der Waals surface area contributed by atoms with E-state index in [2.05, 4.69) is 12.2 Å². The van der Waals surface area contributed by atoms with E-state index in [1.807, 2.05) is 42.2 Å². The molecule has 1 aromatic heterocycles. The van der Waals surface area contributed by atoms with Gasteiger partial charge in [0.05, 0.1) is 11.6 Å². The first kappa shape index (κ1) is 26.0. The van der Waals surface area contributed by atoms with Gasteiger partial charge in [0.25, 0.3) is 5.91 Å². The van der Waals surface area contributed by atoms with E-state index in [1.165, 1.54) is 50.5 Å². The Balaban J connectivity index is 1.59. The van der Waals surface area contributed by atoms with E-state index in [0.717, 1.165) is 18.6 Å². The van der Waals surface area contributed by atoms with Crippen LogP contribution in [0.15, 0.2) is 42.7 Å². The topological polar surface area (TPSA) is 51.4 Å². The number of unbranched alkanes of at least 4 members (excludes halogenated alkanes) is 7. The van der Waals surface area contributed by atoms with Crippen molar-refractivity contribution in [2.24, 2.45) is 7.05 Å². The van der Waals surface area contributed by atoms with Crippen LogP contribution in [0.5, 0.6) is 11.5 Å². The molecule has 0 aliphatic carbocycles. The number of aromatic nitrogens is 1. The molecule has 0 saturated carbocycles. The smallest absolute Gasteiger partial charge is 0.257 e. The number of ether oxygens (including phenoxy) is 2. The number of hydrogen-bond acceptors (Lipinski definition) is 3. The molecule has 0 bridgehead atoms. The van der Waals surface area contributed by atoms with Gasteiger partial charge in [0.1, 0.15) is 18.5 Å². The first-order valence-electron chi connectivity index (χ1n) is 11.8. The predicted octanol–water partition coefficient (Wildman–Crippen LogP) is 5.42. The Morgan fingerprint density at radius 1 is 0.969 bits per heavy atom. The Morgan fingerprint density at radius 2 is 1.66 bits per heavy atom. The van der Waals surface area contributed by atoms with Crippen molar-refractivity contribution in [2.45, 2.75) is 64.7 Å². The van der Waals surface area contributed by atoms with Crippen molar-refractivity contribution in [2.75, 3.05) is 19.8 Å². The number of halogens is 1. The molecular formula is C26H38ClN2O3+. The van der Waals surface area contributed by atoms with Crippen molar-refractivity contribution in [1.29, 1.82) is 0 Å². The van der Waals surface area contributed by atoms with Gasteiger partial charge in [-0.2, -0.15) is 0 Å². The van der Waals surface area contributed by atoms with E-state index >= 15 is 0 Å². The summed E-state index contributed by atoms with van der Waals surface area (Å²) in [6.07, 6.45) is 14.9. The molecule has 0 unspecified atom stereocenters. The fourth-order valence-electron chi connectivity index (χ4n) is 3.35. The number of carbonyl (C=O) groups excluding carboxylic acids is 1. The summed E-state index contributed by atoms with van der Waals surface area (Å²) in [5.41, 5.74) is 1.18. The summed E-state index contributed by atoms with van der Waals surface area (Å²) in [5.74, 6) is 1.04. The van der Waals surface area contributed by atoms with Gasteiger partial charge in [-0.1, -0.05) is 63.5 Å². The summed E-state index contributed by atoms with van der Waals surface area (Å²) in [5, 5.41) is 3.31. The highest BCUT2D eigenvalue weighted by atomic mass is 35.5. The first-order valence-corrected chi connectivity index (χ1v) is 12.2. The molecule has 0 saturated heterocycles. The van der Waals surface area contributed by atoms with Crippen molar-refractivity contribution in [1.82, 2.24) is 5.32 Å². The maximum atomic E-state index is 12.0. The van der Waals surface area contributed by atoms with Crippen molar-refractivity contribution >= 4 is 17.5 Å². The van der Waals surface area contributed by atoms with Crippen LogP contribution >= 0.6 is 11.6 Å². The summed E-state index contributed by atoms with van der Waals surface area (Å²) >= 11 is 6.29. The van der Waals surface area contributed by atoms with Gasteiger partial charge in [0.15, 0.2) is 19.0 Å². The number of rotatable bonds is 16. The van der Waals surface area contributed by atoms with E-state index in [-0.39, 0.29) is 12.5 Å². The molecule has 0 spiro atoms. The first-order chi connectivity index (χ1) is 15.6. The summed E-state index contributed by atoms with van der Waals surface area (Å²) in [4.78, 5) is 12.0. The monoisotopic (exact) mass is 461 g/mol. The number of benzene rings is 1. The van der Waals surface area contributed by atoms with Crippen molar-refractivity contribution in [3.63, 3.8) is 0 Å². The molecule has 2 rings (SSSR count). The summed E-state index contributed by atoms with van der Waals surface area (Å²) in [6.45, 7) is 3.43. The molecule has 1 aromatic carbocycles.